The van der Waals surface area contributed by atoms with Crippen molar-refractivity contribution in [2.45, 2.75) is 30.0 Å². The number of allylic oxidation sites excluding steroid dienone is 2. The number of hydrogen-bond acceptors (Lipinski definition) is 6. The van der Waals surface area contributed by atoms with Crippen molar-refractivity contribution in [2.24, 2.45) is 10.7 Å². The Hall–Kier alpha value is -2.42. The summed E-state index contributed by atoms with van der Waals surface area (Å²) in [6.45, 7) is 1.85. The number of benzodiazepines with no additional fused rings is 1. The number of Topliss-reactive ketones (excluding diaryl/α,β-unsaturated/α-hetero) is 1. The van der Waals surface area contributed by atoms with Gasteiger partial charge in [0.15, 0.2) is 16.8 Å². The van der Waals surface area contributed by atoms with Crippen molar-refractivity contribution >= 4 is 58.9 Å². The van der Waals surface area contributed by atoms with Gasteiger partial charge in [0.2, 0.25) is 0 Å². The molecule has 2 aliphatic rings. The number of carbonyl (C=O) groups excluding carboxylic acids is 2. The maximum absolute atomic E-state index is 14.3. The first kappa shape index (κ1) is 25.7. The number of aliphatic imine (C=N–C) groups is 1. The van der Waals surface area contributed by atoms with Gasteiger partial charge >= 0.3 is 0 Å². The van der Waals surface area contributed by atoms with Crippen LogP contribution >= 0.6 is 35.8 Å². The molecule has 3 N–H and O–H groups in total. The Morgan fingerprint density at radius 3 is 2.66 bits per heavy atom. The van der Waals surface area contributed by atoms with Crippen LogP contribution in [0, 0.1) is 0 Å². The zero-order chi connectivity index (χ0) is 25.3. The monoisotopic (exact) mass is 528 g/mol. The minimum Gasteiger partial charge on any atom is -0.321 e. The van der Waals surface area contributed by atoms with Crippen LogP contribution in [0.25, 0.3) is 0 Å². The molecule has 182 valence electrons. The summed E-state index contributed by atoms with van der Waals surface area (Å²) in [6, 6.07) is 11.7. The number of anilines is 1. The Balaban J connectivity index is 2.04. The van der Waals surface area contributed by atoms with Crippen LogP contribution in [0.1, 0.15) is 18.1 Å². The van der Waals surface area contributed by atoms with Gasteiger partial charge in [-0.15, -0.1) is 0 Å². The molecule has 0 fully saturated rings. The van der Waals surface area contributed by atoms with Crippen LogP contribution < -0.4 is 16.0 Å². The molecule has 0 saturated carbocycles. The number of nitrogens with one attached hydrogen (secondary N) is 1. The van der Waals surface area contributed by atoms with Crippen molar-refractivity contribution in [1.29, 1.82) is 0 Å². The first-order chi connectivity index (χ1) is 16.7. The minimum atomic E-state index is -1.41. The lowest BCUT2D eigenvalue weighted by molar-refractivity contribution is -0.129. The first-order valence-corrected chi connectivity index (χ1v) is 12.5. The fraction of sp³-hybridized carbons (Fsp3) is 0.269. The number of nitrogens with zero attached hydrogens (tertiary/aromatic N) is 2. The van der Waals surface area contributed by atoms with E-state index in [1.807, 2.05) is 55.5 Å². The van der Waals surface area contributed by atoms with Crippen molar-refractivity contribution in [3.63, 3.8) is 0 Å². The molecule has 9 heteroatoms. The predicted molar refractivity (Wildman–Crippen MR) is 146 cm³/mol. The van der Waals surface area contributed by atoms with Gasteiger partial charge in [0.1, 0.15) is 0 Å². The van der Waals surface area contributed by atoms with Gasteiger partial charge in [0.05, 0.1) is 23.5 Å². The Morgan fingerprint density at radius 2 is 2.00 bits per heavy atom. The molecule has 2 aromatic carbocycles. The number of halogens is 2. The highest BCUT2D eigenvalue weighted by atomic mass is 35.5. The van der Waals surface area contributed by atoms with Gasteiger partial charge in [0.25, 0.3) is 5.91 Å². The fourth-order valence-corrected chi connectivity index (χ4v) is 5.20. The van der Waals surface area contributed by atoms with E-state index < -0.39 is 34.8 Å². The second-order valence-corrected chi connectivity index (χ2v) is 9.82. The summed E-state index contributed by atoms with van der Waals surface area (Å²) in [5.41, 5.74) is 9.05. The van der Waals surface area contributed by atoms with E-state index in [1.54, 1.807) is 25.2 Å². The molecule has 1 heterocycles. The van der Waals surface area contributed by atoms with Crippen molar-refractivity contribution in [2.75, 3.05) is 17.7 Å². The van der Waals surface area contributed by atoms with Crippen molar-refractivity contribution in [3.8, 4) is 0 Å². The molecule has 1 aliphatic heterocycles. The van der Waals surface area contributed by atoms with E-state index in [0.717, 1.165) is 11.1 Å². The quantitative estimate of drug-likeness (QED) is 0.230. The first-order valence-electron chi connectivity index (χ1n) is 11.1. The molecule has 1 amide bonds. The molecular formula is C26H26Cl2N4O2S. The second-order valence-electron chi connectivity index (χ2n) is 8.45. The number of likely N-dealkylation sites (N-methyl/N-ethyl adjacent to an activating group) is 1. The normalized spacial score (nSPS) is 24.9. The molecule has 4 unspecified atom stereocenters. The zero-order valence-corrected chi connectivity index (χ0v) is 21.7. The SMILES string of the molecule is CNC1C=CC=C(C)C1(Cl)N1C(=O)C(C(=O)C(N)CS)N=C(c2ccccc2)c2cc(Cl)ccc21. The van der Waals surface area contributed by atoms with E-state index in [0.29, 0.717) is 22.0 Å². The number of nitrogens with two attached hydrogens (primary N) is 1. The number of benzene rings is 2. The maximum Gasteiger partial charge on any atom is 0.261 e. The molecule has 0 saturated heterocycles. The van der Waals surface area contributed by atoms with Gasteiger partial charge < -0.3 is 11.1 Å². The number of fused-ring (bicyclic) bond motifs is 1. The third kappa shape index (κ3) is 4.47. The molecular weight excluding hydrogens is 503 g/mol. The predicted octanol–water partition coefficient (Wildman–Crippen LogP) is 3.76. The van der Waals surface area contributed by atoms with Crippen molar-refractivity contribution < 1.29 is 9.59 Å². The second kappa shape index (κ2) is 10.3. The standard InChI is InChI=1S/C26H26Cl2N4O2S/c1-15-7-6-10-21(30-2)26(15,28)32-20-12-11-17(27)13-18(20)22(16-8-4-3-5-9-16)31-23(25(32)34)24(33)19(29)14-35/h3-13,19,21,23,30,35H,14,29H2,1-2H3. The Morgan fingerprint density at radius 1 is 1.29 bits per heavy atom. The smallest absolute Gasteiger partial charge is 0.261 e. The Labute approximate surface area is 220 Å². The summed E-state index contributed by atoms with van der Waals surface area (Å²) in [5.74, 6) is -1.03. The van der Waals surface area contributed by atoms with Gasteiger partial charge in [-0.2, -0.15) is 12.6 Å². The molecule has 6 nitrogen and oxygen atoms in total. The summed E-state index contributed by atoms with van der Waals surface area (Å²) in [4.78, 5) is 32.5. The summed E-state index contributed by atoms with van der Waals surface area (Å²) in [6.07, 6.45) is 5.61. The van der Waals surface area contributed by atoms with Crippen LogP contribution in [-0.2, 0) is 9.59 Å². The van der Waals surface area contributed by atoms with E-state index in [2.05, 4.69) is 17.9 Å². The molecule has 0 spiro atoms. The van der Waals surface area contributed by atoms with Gasteiger partial charge in [-0.25, -0.2) is 0 Å². The number of thiol groups is 1. The molecule has 4 rings (SSSR count). The number of amides is 1. The van der Waals surface area contributed by atoms with Gasteiger partial charge in [0, 0.05) is 21.9 Å². The third-order valence-corrected chi connectivity index (χ3v) is 7.63. The highest BCUT2D eigenvalue weighted by Crippen LogP contribution is 2.43. The minimum absolute atomic E-state index is 0.0738. The fourth-order valence-electron chi connectivity index (χ4n) is 4.43. The summed E-state index contributed by atoms with van der Waals surface area (Å²) >= 11 is 18.0. The average Bonchev–Trinajstić information content (AvgIpc) is 2.99. The van der Waals surface area contributed by atoms with Crippen LogP contribution in [0.4, 0.5) is 5.69 Å². The lowest BCUT2D eigenvalue weighted by atomic mass is 9.90. The number of carbonyl (C=O) groups is 2. The number of ketones is 1. The molecule has 1 aliphatic carbocycles. The van der Waals surface area contributed by atoms with Crippen molar-refractivity contribution in [3.05, 3.63) is 88.5 Å². The lowest BCUT2D eigenvalue weighted by Gasteiger charge is -2.46. The van der Waals surface area contributed by atoms with E-state index in [-0.39, 0.29) is 5.75 Å². The molecule has 0 aromatic heterocycles. The van der Waals surface area contributed by atoms with Gasteiger partial charge in [-0.1, -0.05) is 71.8 Å². The van der Waals surface area contributed by atoms with Crippen LogP contribution in [0.5, 0.6) is 0 Å². The Bertz CT molecular complexity index is 1250. The van der Waals surface area contributed by atoms with E-state index in [1.165, 1.54) is 4.90 Å². The van der Waals surface area contributed by atoms with Crippen molar-refractivity contribution in [1.82, 2.24) is 5.32 Å². The van der Waals surface area contributed by atoms with Crippen LogP contribution in [0.3, 0.4) is 0 Å². The summed E-state index contributed by atoms with van der Waals surface area (Å²) < 4.78 is 0. The van der Waals surface area contributed by atoms with E-state index in [4.69, 9.17) is 33.9 Å². The van der Waals surface area contributed by atoms with Gasteiger partial charge in [-0.05, 0) is 37.7 Å². The van der Waals surface area contributed by atoms with Crippen LogP contribution in [0.15, 0.2) is 77.3 Å². The zero-order valence-electron chi connectivity index (χ0n) is 19.3. The van der Waals surface area contributed by atoms with Crippen LogP contribution in [-0.4, -0.2) is 53.3 Å². The summed E-state index contributed by atoms with van der Waals surface area (Å²) in [5, 5.41) is 3.65. The largest absolute Gasteiger partial charge is 0.321 e. The molecule has 0 radical (unpaired) electrons. The maximum atomic E-state index is 14.3. The molecule has 4 atom stereocenters. The van der Waals surface area contributed by atoms with E-state index in [9.17, 15) is 9.59 Å². The number of hydrogen-bond donors (Lipinski definition) is 3. The Kier molecular flexibility index (Phi) is 7.54. The number of alkyl halides is 1. The van der Waals surface area contributed by atoms with Crippen LogP contribution in [0.2, 0.25) is 5.02 Å². The molecule has 35 heavy (non-hydrogen) atoms. The van der Waals surface area contributed by atoms with Gasteiger partial charge in [-0.3, -0.25) is 19.5 Å². The summed E-state index contributed by atoms with van der Waals surface area (Å²) in [7, 11) is 1.77. The highest BCUT2D eigenvalue weighted by Gasteiger charge is 2.51. The number of rotatable bonds is 6. The lowest BCUT2D eigenvalue weighted by Crippen LogP contribution is -2.63. The molecule has 2 aromatic rings. The highest BCUT2D eigenvalue weighted by molar-refractivity contribution is 7.80. The van der Waals surface area contributed by atoms with E-state index >= 15 is 0 Å². The molecule has 0 bridgehead atoms. The topological polar surface area (TPSA) is 87.8 Å². The average molecular weight is 529 g/mol. The third-order valence-electron chi connectivity index (χ3n) is 6.30.